The van der Waals surface area contributed by atoms with Gasteiger partial charge in [0.15, 0.2) is 0 Å². The van der Waals surface area contributed by atoms with E-state index in [0.717, 1.165) is 28.2 Å². The average molecular weight is 411 g/mol. The van der Waals surface area contributed by atoms with Crippen LogP contribution in [-0.4, -0.2) is 39.7 Å². The minimum atomic E-state index is -0.353. The van der Waals surface area contributed by atoms with Crippen LogP contribution >= 0.6 is 0 Å². The molecule has 0 unspecified atom stereocenters. The Morgan fingerprint density at radius 2 is 1.87 bits per heavy atom. The molecule has 0 aliphatic carbocycles. The van der Waals surface area contributed by atoms with E-state index in [4.69, 9.17) is 14.3 Å². The molecule has 0 amide bonds. The molecule has 0 radical (unpaired) electrons. The average Bonchev–Trinajstić information content (AvgIpc) is 3.06. The van der Waals surface area contributed by atoms with E-state index in [1.54, 1.807) is 26.3 Å². The zero-order valence-corrected chi connectivity index (χ0v) is 18.0. The smallest absolute Gasteiger partial charge is 0.368 e. The van der Waals surface area contributed by atoms with Crippen LogP contribution in [-0.2, 0) is 18.5 Å². The maximum Gasteiger partial charge on any atom is 0.368 e. The third-order valence-electron chi connectivity index (χ3n) is 4.79. The number of rotatable bonds is 7. The van der Waals surface area contributed by atoms with Crippen molar-refractivity contribution >= 4 is 5.71 Å². The Morgan fingerprint density at radius 1 is 1.10 bits per heavy atom. The molecule has 0 atom stereocenters. The molecule has 1 aromatic heterocycles. The van der Waals surface area contributed by atoms with E-state index < -0.39 is 0 Å². The zero-order chi connectivity index (χ0) is 21.8. The third-order valence-corrected chi connectivity index (χ3v) is 4.79. The number of oxime groups is 1. The van der Waals surface area contributed by atoms with Crippen LogP contribution in [0.4, 0.5) is 0 Å². The van der Waals surface area contributed by atoms with E-state index in [1.165, 1.54) is 16.5 Å². The predicted molar refractivity (Wildman–Crippen MR) is 113 cm³/mol. The van der Waals surface area contributed by atoms with Gasteiger partial charge in [0.05, 0.1) is 24.1 Å². The summed E-state index contributed by atoms with van der Waals surface area (Å²) in [7, 11) is 4.64. The molecule has 3 aromatic rings. The van der Waals surface area contributed by atoms with E-state index in [1.807, 2.05) is 39.0 Å². The Morgan fingerprint density at radius 3 is 2.50 bits per heavy atom. The van der Waals surface area contributed by atoms with Crippen LogP contribution in [0.15, 0.2) is 40.3 Å². The Labute approximate surface area is 174 Å². The predicted octanol–water partition coefficient (Wildman–Crippen LogP) is 2.54. The summed E-state index contributed by atoms with van der Waals surface area (Å²) in [5.41, 5.74) is 4.65. The Bertz CT molecular complexity index is 1150. The first-order chi connectivity index (χ1) is 14.4. The highest BCUT2D eigenvalue weighted by atomic mass is 16.6. The molecular weight excluding hydrogens is 386 g/mol. The Balaban J connectivity index is 1.96. The first kappa shape index (κ1) is 21.1. The Hall–Kier alpha value is -3.62. The molecule has 0 saturated heterocycles. The van der Waals surface area contributed by atoms with Crippen molar-refractivity contribution in [2.24, 2.45) is 12.2 Å². The lowest BCUT2D eigenvalue weighted by Gasteiger charge is -2.16. The fourth-order valence-corrected chi connectivity index (χ4v) is 3.22. The number of methoxy groups -OCH3 is 1. The van der Waals surface area contributed by atoms with Crippen molar-refractivity contribution in [3.63, 3.8) is 0 Å². The second-order valence-electron chi connectivity index (χ2n) is 6.84. The van der Waals surface area contributed by atoms with E-state index >= 15 is 0 Å². The summed E-state index contributed by atoms with van der Waals surface area (Å²) in [4.78, 5) is 17.2. The maximum atomic E-state index is 12.3. The van der Waals surface area contributed by atoms with Crippen LogP contribution in [0.5, 0.6) is 11.5 Å². The summed E-state index contributed by atoms with van der Waals surface area (Å²) < 4.78 is 14.0. The molecule has 30 heavy (non-hydrogen) atoms. The van der Waals surface area contributed by atoms with E-state index in [-0.39, 0.29) is 12.3 Å². The minimum absolute atomic E-state index is 0.188. The molecule has 0 bridgehead atoms. The molecular formula is C21H25N5O4. The van der Waals surface area contributed by atoms with Gasteiger partial charge in [0.2, 0.25) is 0 Å². The lowest BCUT2D eigenvalue weighted by atomic mass is 10.0. The van der Waals surface area contributed by atoms with Gasteiger partial charge in [-0.2, -0.15) is 9.36 Å². The molecule has 0 saturated carbocycles. The SMILES string of the molecule is CO/N=C(/C)c1cc(C)c(OCc2c(OC)cccc2-n2nnn(C)c2=O)cc1C. The van der Waals surface area contributed by atoms with Gasteiger partial charge in [-0.15, -0.1) is 0 Å². The lowest BCUT2D eigenvalue weighted by Crippen LogP contribution is -2.23. The van der Waals surface area contributed by atoms with Crippen molar-refractivity contribution in [2.45, 2.75) is 27.4 Å². The summed E-state index contributed by atoms with van der Waals surface area (Å²) in [6.45, 7) is 6.04. The van der Waals surface area contributed by atoms with E-state index in [9.17, 15) is 4.79 Å². The van der Waals surface area contributed by atoms with Gasteiger partial charge in [-0.1, -0.05) is 11.2 Å². The number of aryl methyl sites for hydroxylation is 3. The van der Waals surface area contributed by atoms with Gasteiger partial charge >= 0.3 is 5.69 Å². The van der Waals surface area contributed by atoms with Gasteiger partial charge in [0.25, 0.3) is 0 Å². The molecule has 3 rings (SSSR count). The molecule has 0 aliphatic rings. The summed E-state index contributed by atoms with van der Waals surface area (Å²) in [5.74, 6) is 1.32. The van der Waals surface area contributed by atoms with Gasteiger partial charge in [0, 0.05) is 12.6 Å². The number of tetrazole rings is 1. The molecule has 0 N–H and O–H groups in total. The van der Waals surface area contributed by atoms with Crippen LogP contribution in [0.25, 0.3) is 5.69 Å². The molecule has 0 aliphatic heterocycles. The number of nitrogens with zero attached hydrogens (tertiary/aromatic N) is 5. The fourth-order valence-electron chi connectivity index (χ4n) is 3.22. The van der Waals surface area contributed by atoms with Crippen molar-refractivity contribution in [1.82, 2.24) is 19.8 Å². The van der Waals surface area contributed by atoms with Gasteiger partial charge in [0.1, 0.15) is 25.2 Å². The second-order valence-corrected chi connectivity index (χ2v) is 6.84. The van der Waals surface area contributed by atoms with Crippen LogP contribution in [0.1, 0.15) is 29.2 Å². The van der Waals surface area contributed by atoms with Crippen LogP contribution in [0, 0.1) is 13.8 Å². The highest BCUT2D eigenvalue weighted by Crippen LogP contribution is 2.29. The van der Waals surface area contributed by atoms with E-state index in [0.29, 0.717) is 17.0 Å². The normalized spacial score (nSPS) is 11.5. The number of hydrogen-bond donors (Lipinski definition) is 0. The zero-order valence-electron chi connectivity index (χ0n) is 18.0. The Kier molecular flexibility index (Phi) is 6.20. The summed E-state index contributed by atoms with van der Waals surface area (Å²) in [6, 6.07) is 9.36. The largest absolute Gasteiger partial charge is 0.496 e. The number of ether oxygens (including phenoxy) is 2. The molecule has 158 valence electrons. The van der Waals surface area contributed by atoms with Crippen LogP contribution < -0.4 is 15.2 Å². The second kappa shape index (κ2) is 8.81. The first-order valence-corrected chi connectivity index (χ1v) is 9.34. The molecule has 9 heteroatoms. The van der Waals surface area contributed by atoms with Crippen molar-refractivity contribution < 1.29 is 14.3 Å². The number of aromatic nitrogens is 4. The molecule has 0 fully saturated rings. The standard InChI is InChI=1S/C21H25N5O4/c1-13-11-20(14(2)10-16(13)15(3)22-29-6)30-12-17-18(8-7-9-19(17)28-5)26-21(27)25(4)23-24-26/h7-11H,12H2,1-6H3/b22-15-. The van der Waals surface area contributed by atoms with Crippen molar-refractivity contribution in [3.8, 4) is 17.2 Å². The van der Waals surface area contributed by atoms with Gasteiger partial charge in [-0.3, -0.25) is 0 Å². The highest BCUT2D eigenvalue weighted by Gasteiger charge is 2.17. The van der Waals surface area contributed by atoms with Crippen molar-refractivity contribution in [3.05, 3.63) is 63.1 Å². The highest BCUT2D eigenvalue weighted by molar-refractivity contribution is 6.00. The minimum Gasteiger partial charge on any atom is -0.496 e. The first-order valence-electron chi connectivity index (χ1n) is 9.34. The van der Waals surface area contributed by atoms with Crippen molar-refractivity contribution in [2.75, 3.05) is 14.2 Å². The van der Waals surface area contributed by atoms with Gasteiger partial charge in [-0.05, 0) is 66.6 Å². The van der Waals surface area contributed by atoms with Crippen LogP contribution in [0.2, 0.25) is 0 Å². The number of hydrogen-bond acceptors (Lipinski definition) is 7. The molecule has 0 spiro atoms. The topological polar surface area (TPSA) is 92.8 Å². The van der Waals surface area contributed by atoms with Crippen LogP contribution in [0.3, 0.4) is 0 Å². The lowest BCUT2D eigenvalue weighted by molar-refractivity contribution is 0.213. The maximum absolute atomic E-state index is 12.3. The third kappa shape index (κ3) is 4.05. The molecule has 1 heterocycles. The summed E-state index contributed by atoms with van der Waals surface area (Å²) in [5, 5.41) is 11.7. The van der Waals surface area contributed by atoms with Gasteiger partial charge in [-0.25, -0.2) is 4.79 Å². The monoisotopic (exact) mass is 411 g/mol. The summed E-state index contributed by atoms with van der Waals surface area (Å²) >= 11 is 0. The summed E-state index contributed by atoms with van der Waals surface area (Å²) in [6.07, 6.45) is 0. The van der Waals surface area contributed by atoms with Gasteiger partial charge < -0.3 is 14.3 Å². The molecule has 9 nitrogen and oxygen atoms in total. The number of benzene rings is 2. The quantitative estimate of drug-likeness (QED) is 0.438. The molecule has 2 aromatic carbocycles. The fraction of sp³-hybridized carbons (Fsp3) is 0.333. The van der Waals surface area contributed by atoms with E-state index in [2.05, 4.69) is 15.6 Å². The van der Waals surface area contributed by atoms with Crippen molar-refractivity contribution in [1.29, 1.82) is 0 Å².